The quantitative estimate of drug-likeness (QED) is 0.503. The number of rotatable bonds is 6. The number of hydrogen-bond donors (Lipinski definition) is 3. The van der Waals surface area contributed by atoms with Gasteiger partial charge in [-0.25, -0.2) is 0 Å². The van der Waals surface area contributed by atoms with E-state index in [0.29, 0.717) is 11.4 Å². The van der Waals surface area contributed by atoms with Crippen LogP contribution in [0.25, 0.3) is 0 Å². The highest BCUT2D eigenvalue weighted by atomic mass is 31.2. The summed E-state index contributed by atoms with van der Waals surface area (Å²) in [4.78, 5) is 9.21. The van der Waals surface area contributed by atoms with Crippen molar-refractivity contribution < 1.29 is 19.2 Å². The van der Waals surface area contributed by atoms with Crippen molar-refractivity contribution in [1.29, 1.82) is 0 Å². The minimum Gasteiger partial charge on any atom is -0.508 e. The van der Waals surface area contributed by atoms with Crippen LogP contribution in [0.1, 0.15) is 47.6 Å². The van der Waals surface area contributed by atoms with Crippen molar-refractivity contribution in [3.05, 3.63) is 58.1 Å². The number of hydrogen-bond acceptors (Lipinski definition) is 4. The number of benzene rings is 2. The molecule has 0 aliphatic heterocycles. The van der Waals surface area contributed by atoms with Gasteiger partial charge in [0.05, 0.1) is 5.69 Å². The van der Waals surface area contributed by atoms with E-state index >= 15 is 0 Å². The molecule has 0 spiro atoms. The topological polar surface area (TPSA) is 78.8 Å². The third-order valence-electron chi connectivity index (χ3n) is 4.12. The Bertz CT molecular complexity index is 788. The highest BCUT2D eigenvalue weighted by molar-refractivity contribution is 7.51. The molecule has 3 N–H and O–H groups in total. The maximum Gasteiger partial charge on any atom is 0.346 e. The van der Waals surface area contributed by atoms with Gasteiger partial charge in [-0.05, 0) is 72.2 Å². The molecule has 0 saturated carbocycles. The molecule has 2 aromatic carbocycles. The minimum absolute atomic E-state index is 0.258. The molecule has 25 heavy (non-hydrogen) atoms. The van der Waals surface area contributed by atoms with E-state index in [0.717, 1.165) is 35.3 Å². The standard InChI is InChI=1S/C19H26NO4P/c1-12(2)17-10-15(6-7-19(17)21)11-18-13(3)8-16(9-14(18)4)20-24-25(5,22)23/h6-10,12,20-21H,11H2,1-5H3,(H,22,23). The maximum atomic E-state index is 11.2. The van der Waals surface area contributed by atoms with Crippen molar-refractivity contribution in [3.8, 4) is 5.75 Å². The van der Waals surface area contributed by atoms with Gasteiger partial charge < -0.3 is 10.00 Å². The second kappa shape index (κ2) is 7.61. The Balaban J connectivity index is 2.26. The summed E-state index contributed by atoms with van der Waals surface area (Å²) in [6, 6.07) is 9.52. The fourth-order valence-corrected chi connectivity index (χ4v) is 3.12. The lowest BCUT2D eigenvalue weighted by atomic mass is 9.92. The lowest BCUT2D eigenvalue weighted by Gasteiger charge is -2.16. The summed E-state index contributed by atoms with van der Waals surface area (Å²) >= 11 is 0. The van der Waals surface area contributed by atoms with Crippen molar-refractivity contribution in [1.82, 2.24) is 0 Å². The van der Waals surface area contributed by atoms with Crippen LogP contribution in [0.4, 0.5) is 5.69 Å². The first-order chi connectivity index (χ1) is 11.6. The van der Waals surface area contributed by atoms with Gasteiger partial charge in [-0.2, -0.15) is 4.62 Å². The van der Waals surface area contributed by atoms with Crippen LogP contribution >= 0.6 is 7.60 Å². The highest BCUT2D eigenvalue weighted by Crippen LogP contribution is 2.37. The monoisotopic (exact) mass is 363 g/mol. The average molecular weight is 363 g/mol. The summed E-state index contributed by atoms with van der Waals surface area (Å²) in [5, 5.41) is 9.98. The molecule has 6 heteroatoms. The molecule has 2 aromatic rings. The van der Waals surface area contributed by atoms with E-state index in [1.165, 1.54) is 5.56 Å². The first kappa shape index (κ1) is 19.5. The molecule has 0 aliphatic carbocycles. The lowest BCUT2D eigenvalue weighted by molar-refractivity contribution is 0.318. The number of aryl methyl sites for hydroxylation is 2. The first-order valence-corrected chi connectivity index (χ1v) is 10.3. The molecular formula is C19H26NO4P. The van der Waals surface area contributed by atoms with Crippen LogP contribution in [0.15, 0.2) is 30.3 Å². The summed E-state index contributed by atoms with van der Waals surface area (Å²) in [6.07, 6.45) is 0.755. The van der Waals surface area contributed by atoms with E-state index in [1.54, 1.807) is 6.07 Å². The van der Waals surface area contributed by atoms with Crippen molar-refractivity contribution >= 4 is 13.3 Å². The van der Waals surface area contributed by atoms with Gasteiger partial charge >= 0.3 is 7.60 Å². The van der Waals surface area contributed by atoms with E-state index in [1.807, 2.05) is 38.1 Å². The molecule has 0 fully saturated rings. The molecule has 1 atom stereocenters. The van der Waals surface area contributed by atoms with Crippen molar-refractivity contribution in [2.24, 2.45) is 0 Å². The molecule has 0 saturated heterocycles. The van der Waals surface area contributed by atoms with Crippen molar-refractivity contribution in [2.75, 3.05) is 12.1 Å². The van der Waals surface area contributed by atoms with Crippen LogP contribution in [0, 0.1) is 13.8 Å². The maximum absolute atomic E-state index is 11.2. The Kier molecular flexibility index (Phi) is 5.94. The lowest BCUT2D eigenvalue weighted by Crippen LogP contribution is -2.02. The number of phenolic OH excluding ortho intramolecular Hbond substituents is 1. The summed E-state index contributed by atoms with van der Waals surface area (Å²) in [5.41, 5.74) is 8.58. The molecule has 0 radical (unpaired) electrons. The summed E-state index contributed by atoms with van der Waals surface area (Å²) < 4.78 is 16.0. The number of phenols is 1. The van der Waals surface area contributed by atoms with Gasteiger partial charge in [0.25, 0.3) is 0 Å². The molecule has 0 aromatic heterocycles. The number of aromatic hydroxyl groups is 1. The Morgan fingerprint density at radius 1 is 1.16 bits per heavy atom. The summed E-state index contributed by atoms with van der Waals surface area (Å²) in [6.45, 7) is 9.25. The number of anilines is 1. The first-order valence-electron chi connectivity index (χ1n) is 8.23. The third-order valence-corrected chi connectivity index (χ3v) is 4.55. The molecule has 2 rings (SSSR count). The van der Waals surface area contributed by atoms with Gasteiger partial charge in [0.15, 0.2) is 0 Å². The summed E-state index contributed by atoms with van der Waals surface area (Å²) in [5.74, 6) is 0.589. The Labute approximate surface area is 149 Å². The van der Waals surface area contributed by atoms with Crippen molar-refractivity contribution in [3.63, 3.8) is 0 Å². The Hall–Kier alpha value is -1.81. The smallest absolute Gasteiger partial charge is 0.346 e. The second-order valence-electron chi connectivity index (χ2n) is 6.81. The molecule has 136 valence electrons. The van der Waals surface area contributed by atoms with Crippen LogP contribution in [0.3, 0.4) is 0 Å². The van der Waals surface area contributed by atoms with Crippen LogP contribution in [0.2, 0.25) is 0 Å². The van der Waals surface area contributed by atoms with Gasteiger partial charge in [0.2, 0.25) is 0 Å². The van der Waals surface area contributed by atoms with E-state index < -0.39 is 7.60 Å². The van der Waals surface area contributed by atoms with Gasteiger partial charge in [-0.15, -0.1) is 0 Å². The zero-order valence-electron chi connectivity index (χ0n) is 15.3. The van der Waals surface area contributed by atoms with Gasteiger partial charge in [0.1, 0.15) is 5.75 Å². The van der Waals surface area contributed by atoms with Gasteiger partial charge in [0, 0.05) is 6.66 Å². The third kappa shape index (κ3) is 5.33. The molecule has 0 amide bonds. The van der Waals surface area contributed by atoms with Crippen LogP contribution in [0.5, 0.6) is 5.75 Å². The Morgan fingerprint density at radius 2 is 1.76 bits per heavy atom. The highest BCUT2D eigenvalue weighted by Gasteiger charge is 2.13. The largest absolute Gasteiger partial charge is 0.508 e. The SMILES string of the molecule is Cc1cc(NOP(C)(=O)O)cc(C)c1Cc1ccc(O)c(C(C)C)c1. The molecule has 0 aliphatic rings. The van der Waals surface area contributed by atoms with Gasteiger partial charge in [-0.3, -0.25) is 10.0 Å². The number of nitrogens with one attached hydrogen (secondary N) is 1. The molecule has 0 bridgehead atoms. The van der Waals surface area contributed by atoms with Crippen LogP contribution < -0.4 is 5.48 Å². The zero-order chi connectivity index (χ0) is 18.8. The normalized spacial score (nSPS) is 13.7. The minimum atomic E-state index is -3.58. The molecular weight excluding hydrogens is 337 g/mol. The average Bonchev–Trinajstić information content (AvgIpc) is 2.49. The zero-order valence-corrected chi connectivity index (χ0v) is 16.2. The van der Waals surface area contributed by atoms with E-state index in [4.69, 9.17) is 4.62 Å². The van der Waals surface area contributed by atoms with Crippen molar-refractivity contribution in [2.45, 2.75) is 40.0 Å². The predicted octanol–water partition coefficient (Wildman–Crippen LogP) is 4.88. The molecule has 5 nitrogen and oxygen atoms in total. The molecule has 1 unspecified atom stereocenters. The second-order valence-corrected chi connectivity index (χ2v) is 8.60. The fraction of sp³-hybridized carbons (Fsp3) is 0.368. The van der Waals surface area contributed by atoms with E-state index in [-0.39, 0.29) is 5.92 Å². The van der Waals surface area contributed by atoms with E-state index in [9.17, 15) is 14.6 Å². The fourth-order valence-electron chi connectivity index (χ4n) is 2.85. The molecule has 0 heterocycles. The Morgan fingerprint density at radius 3 is 2.28 bits per heavy atom. The van der Waals surface area contributed by atoms with Gasteiger partial charge in [-0.1, -0.05) is 26.0 Å². The van der Waals surface area contributed by atoms with Crippen LogP contribution in [-0.2, 0) is 15.6 Å². The van der Waals surface area contributed by atoms with Crippen LogP contribution in [-0.4, -0.2) is 16.7 Å². The van der Waals surface area contributed by atoms with E-state index in [2.05, 4.69) is 19.3 Å². The predicted molar refractivity (Wildman–Crippen MR) is 101 cm³/mol. The summed E-state index contributed by atoms with van der Waals surface area (Å²) in [7, 11) is -3.58.